The van der Waals surface area contributed by atoms with E-state index < -0.39 is 0 Å². The summed E-state index contributed by atoms with van der Waals surface area (Å²) in [4.78, 5) is 25.8. The highest BCUT2D eigenvalue weighted by molar-refractivity contribution is 6.21. The zero-order chi connectivity index (χ0) is 35.2. The van der Waals surface area contributed by atoms with Crippen molar-refractivity contribution in [3.8, 4) is 0 Å². The van der Waals surface area contributed by atoms with Crippen molar-refractivity contribution in [3.63, 3.8) is 0 Å². The first-order valence-electron chi connectivity index (χ1n) is 17.8. The molecule has 1 saturated heterocycles. The topological polar surface area (TPSA) is 151 Å². The van der Waals surface area contributed by atoms with Crippen LogP contribution in [-0.4, -0.2) is 181 Å². The molecular weight excluding hydrogens is 656 g/mol. The van der Waals surface area contributed by atoms with Gasteiger partial charge in [-0.2, -0.15) is 0 Å². The van der Waals surface area contributed by atoms with Gasteiger partial charge in [-0.3, -0.25) is 14.5 Å². The molecule has 2 heterocycles. The van der Waals surface area contributed by atoms with E-state index in [0.29, 0.717) is 149 Å². The Balaban J connectivity index is 0.911. The number of carbonyl (C=O) groups excluding carboxylic acids is 2. The molecule has 0 unspecified atom stereocenters. The quantitative estimate of drug-likeness (QED) is 0.0805. The molecule has 50 heavy (non-hydrogen) atoms. The first kappa shape index (κ1) is 42.3. The molecule has 3 rings (SSSR count). The average molecular weight is 715 g/mol. The van der Waals surface area contributed by atoms with Gasteiger partial charge in [-0.1, -0.05) is 12.1 Å². The number of ether oxygens (including phenoxy) is 11. The van der Waals surface area contributed by atoms with E-state index in [1.807, 2.05) is 0 Å². The lowest BCUT2D eigenvalue weighted by molar-refractivity contribution is -0.0324. The molecule has 1 N–H and O–H groups in total. The molecule has 0 aliphatic carbocycles. The van der Waals surface area contributed by atoms with Crippen molar-refractivity contribution in [2.75, 3.05) is 158 Å². The predicted octanol–water partition coefficient (Wildman–Crippen LogP) is 1.22. The van der Waals surface area contributed by atoms with Crippen molar-refractivity contribution in [1.29, 1.82) is 0 Å². The van der Waals surface area contributed by atoms with Crippen molar-refractivity contribution in [2.45, 2.75) is 18.9 Å². The summed E-state index contributed by atoms with van der Waals surface area (Å²) in [6.45, 7) is 12.5. The summed E-state index contributed by atoms with van der Waals surface area (Å²) in [7, 11) is 0. The minimum atomic E-state index is -0.277. The number of rotatable bonds is 34. The molecule has 0 atom stereocenters. The Labute approximate surface area is 296 Å². The van der Waals surface area contributed by atoms with E-state index >= 15 is 0 Å². The van der Waals surface area contributed by atoms with Crippen LogP contribution in [-0.2, 0) is 52.1 Å². The SMILES string of the molecule is O=C1c2ccccc2C(=O)N1CCOCCOCCOCCOCCOCCOCCOCCOCCOCCOCCOC1CCNCC1. The van der Waals surface area contributed by atoms with E-state index in [-0.39, 0.29) is 25.0 Å². The van der Waals surface area contributed by atoms with Crippen LogP contribution in [0.1, 0.15) is 33.6 Å². The largest absolute Gasteiger partial charge is 0.377 e. The van der Waals surface area contributed by atoms with Gasteiger partial charge in [-0.25, -0.2) is 0 Å². The van der Waals surface area contributed by atoms with Crippen LogP contribution in [0.15, 0.2) is 24.3 Å². The van der Waals surface area contributed by atoms with Crippen LogP contribution in [0.5, 0.6) is 0 Å². The lowest BCUT2D eigenvalue weighted by Gasteiger charge is -2.22. The summed E-state index contributed by atoms with van der Waals surface area (Å²) in [5.74, 6) is -0.553. The molecule has 286 valence electrons. The number of piperidine rings is 1. The summed E-state index contributed by atoms with van der Waals surface area (Å²) in [5.41, 5.74) is 0.886. The monoisotopic (exact) mass is 714 g/mol. The highest BCUT2D eigenvalue weighted by Crippen LogP contribution is 2.21. The number of amides is 2. The molecule has 0 aromatic heterocycles. The normalized spacial score (nSPS) is 15.0. The van der Waals surface area contributed by atoms with Crippen LogP contribution in [0.4, 0.5) is 0 Å². The summed E-state index contributed by atoms with van der Waals surface area (Å²) in [5, 5.41) is 3.33. The molecule has 1 aromatic rings. The van der Waals surface area contributed by atoms with Crippen molar-refractivity contribution in [2.24, 2.45) is 0 Å². The first-order valence-corrected chi connectivity index (χ1v) is 17.8. The maximum Gasteiger partial charge on any atom is 0.261 e. The van der Waals surface area contributed by atoms with Gasteiger partial charge in [0.05, 0.1) is 163 Å². The number of fused-ring (bicyclic) bond motifs is 1. The molecule has 0 saturated carbocycles. The highest BCUT2D eigenvalue weighted by Gasteiger charge is 2.34. The van der Waals surface area contributed by atoms with Crippen LogP contribution >= 0.6 is 0 Å². The number of carbonyl (C=O) groups is 2. The minimum Gasteiger partial charge on any atom is -0.377 e. The second kappa shape index (κ2) is 29.5. The number of imide groups is 1. The van der Waals surface area contributed by atoms with Crippen LogP contribution in [0, 0.1) is 0 Å². The van der Waals surface area contributed by atoms with E-state index in [9.17, 15) is 9.59 Å². The van der Waals surface area contributed by atoms with Gasteiger partial charge in [-0.15, -0.1) is 0 Å². The van der Waals surface area contributed by atoms with Crippen LogP contribution in [0.25, 0.3) is 0 Å². The van der Waals surface area contributed by atoms with E-state index in [2.05, 4.69) is 5.32 Å². The van der Waals surface area contributed by atoms with Gasteiger partial charge in [0.15, 0.2) is 0 Å². The maximum atomic E-state index is 12.3. The third kappa shape index (κ3) is 19.5. The van der Waals surface area contributed by atoms with E-state index in [1.54, 1.807) is 24.3 Å². The molecule has 1 aromatic carbocycles. The van der Waals surface area contributed by atoms with Crippen LogP contribution in [0.2, 0.25) is 0 Å². The minimum absolute atomic E-state index is 0.215. The van der Waals surface area contributed by atoms with Gasteiger partial charge >= 0.3 is 0 Å². The van der Waals surface area contributed by atoms with E-state index in [0.717, 1.165) is 25.9 Å². The molecule has 0 bridgehead atoms. The number of hydrogen-bond acceptors (Lipinski definition) is 14. The Morgan fingerprint density at radius 2 is 0.760 bits per heavy atom. The molecule has 2 aliphatic heterocycles. The van der Waals surface area contributed by atoms with Gasteiger partial charge in [-0.05, 0) is 38.1 Å². The predicted molar refractivity (Wildman–Crippen MR) is 182 cm³/mol. The lowest BCUT2D eigenvalue weighted by Crippen LogP contribution is -2.33. The highest BCUT2D eigenvalue weighted by atomic mass is 16.6. The Kier molecular flexibility index (Phi) is 24.9. The van der Waals surface area contributed by atoms with Gasteiger partial charge < -0.3 is 57.4 Å². The van der Waals surface area contributed by atoms with Crippen molar-refractivity contribution in [3.05, 3.63) is 35.4 Å². The molecule has 0 radical (unpaired) electrons. The molecule has 0 spiro atoms. The second-order valence-electron chi connectivity index (χ2n) is 11.3. The summed E-state index contributed by atoms with van der Waals surface area (Å²) < 4.78 is 60.7. The first-order chi connectivity index (χ1) is 24.8. The second-order valence-corrected chi connectivity index (χ2v) is 11.3. The fourth-order valence-corrected chi connectivity index (χ4v) is 4.92. The van der Waals surface area contributed by atoms with Crippen molar-refractivity contribution < 1.29 is 61.7 Å². The number of nitrogens with one attached hydrogen (secondary N) is 1. The third-order valence-corrected chi connectivity index (χ3v) is 7.55. The van der Waals surface area contributed by atoms with E-state index in [4.69, 9.17) is 52.1 Å². The van der Waals surface area contributed by atoms with Crippen LogP contribution < -0.4 is 5.32 Å². The smallest absolute Gasteiger partial charge is 0.261 e. The lowest BCUT2D eigenvalue weighted by atomic mass is 10.1. The molecular formula is C35H58N2O13. The summed E-state index contributed by atoms with van der Waals surface area (Å²) in [6.07, 6.45) is 2.51. The zero-order valence-corrected chi connectivity index (χ0v) is 29.5. The van der Waals surface area contributed by atoms with Gasteiger partial charge in [0.1, 0.15) is 0 Å². The fourth-order valence-electron chi connectivity index (χ4n) is 4.92. The molecule has 2 aliphatic rings. The van der Waals surface area contributed by atoms with Crippen LogP contribution in [0.3, 0.4) is 0 Å². The Hall–Kier alpha value is -2.12. The molecule has 15 heteroatoms. The van der Waals surface area contributed by atoms with Crippen molar-refractivity contribution in [1.82, 2.24) is 10.2 Å². The fraction of sp³-hybridized carbons (Fsp3) is 0.771. The maximum absolute atomic E-state index is 12.3. The van der Waals surface area contributed by atoms with E-state index in [1.165, 1.54) is 4.90 Å². The Morgan fingerprint density at radius 1 is 0.460 bits per heavy atom. The number of benzene rings is 1. The summed E-state index contributed by atoms with van der Waals surface area (Å²) in [6, 6.07) is 6.82. The zero-order valence-electron chi connectivity index (χ0n) is 29.5. The molecule has 1 fully saturated rings. The Morgan fingerprint density at radius 3 is 1.10 bits per heavy atom. The standard InChI is InChI=1S/C35H58N2O13/c38-34-32-3-1-2-4-33(32)35(39)37(34)9-10-40-11-12-41-13-14-42-15-16-43-17-18-44-19-20-45-21-22-46-23-24-47-25-26-48-27-28-49-29-30-50-31-5-7-36-8-6-31/h1-4,31,36H,5-30H2. The third-order valence-electron chi connectivity index (χ3n) is 7.55. The molecule has 2 amide bonds. The molecule has 15 nitrogen and oxygen atoms in total. The number of nitrogens with zero attached hydrogens (tertiary/aromatic N) is 1. The van der Waals surface area contributed by atoms with Gasteiger partial charge in [0.25, 0.3) is 11.8 Å². The van der Waals surface area contributed by atoms with Gasteiger partial charge in [0, 0.05) is 0 Å². The van der Waals surface area contributed by atoms with Crippen molar-refractivity contribution >= 4 is 11.8 Å². The number of hydrogen-bond donors (Lipinski definition) is 1. The summed E-state index contributed by atoms with van der Waals surface area (Å²) >= 11 is 0. The van der Waals surface area contributed by atoms with Gasteiger partial charge in [0.2, 0.25) is 0 Å². The average Bonchev–Trinajstić information content (AvgIpc) is 3.38. The Bertz CT molecular complexity index is 964.